The van der Waals surface area contributed by atoms with Gasteiger partial charge in [0, 0.05) is 21.1 Å². The number of carbonyl (C=O) groups is 1. The van der Waals surface area contributed by atoms with E-state index in [2.05, 4.69) is 18.9 Å². The summed E-state index contributed by atoms with van der Waals surface area (Å²) in [6.07, 6.45) is 0. The highest BCUT2D eigenvalue weighted by atomic mass is 16.2. The lowest BCUT2D eigenvalue weighted by molar-refractivity contribution is 0.0817. The average molecular weight is 195 g/mol. The van der Waals surface area contributed by atoms with Crippen molar-refractivity contribution in [1.82, 2.24) is 14.7 Å². The second-order valence-corrected chi connectivity index (χ2v) is 3.93. The Kier molecular flexibility index (Phi) is 2.93. The number of aromatic nitrogens is 2. The number of hydrogen-bond donors (Lipinski definition) is 0. The molecule has 0 bridgehead atoms. The molecule has 0 aliphatic heterocycles. The van der Waals surface area contributed by atoms with Crippen molar-refractivity contribution in [2.24, 2.45) is 7.05 Å². The summed E-state index contributed by atoms with van der Waals surface area (Å²) < 4.78 is 1.64. The van der Waals surface area contributed by atoms with Crippen molar-refractivity contribution in [3.8, 4) is 0 Å². The Morgan fingerprint density at radius 1 is 1.50 bits per heavy atom. The molecular formula is C10H17N3O. The van der Waals surface area contributed by atoms with Crippen LogP contribution in [0.5, 0.6) is 0 Å². The van der Waals surface area contributed by atoms with Crippen LogP contribution in [0.25, 0.3) is 0 Å². The fourth-order valence-electron chi connectivity index (χ4n) is 1.20. The van der Waals surface area contributed by atoms with Crippen molar-refractivity contribution in [3.05, 3.63) is 17.5 Å². The van der Waals surface area contributed by atoms with Crippen molar-refractivity contribution < 1.29 is 4.79 Å². The molecule has 0 fully saturated rings. The van der Waals surface area contributed by atoms with Gasteiger partial charge in [0.1, 0.15) is 5.69 Å². The molecule has 0 radical (unpaired) electrons. The van der Waals surface area contributed by atoms with E-state index in [1.165, 1.54) is 0 Å². The maximum Gasteiger partial charge on any atom is 0.271 e. The molecule has 0 unspecified atom stereocenters. The van der Waals surface area contributed by atoms with E-state index in [1.54, 1.807) is 30.7 Å². The largest absolute Gasteiger partial charge is 0.343 e. The molecule has 0 saturated carbocycles. The average Bonchev–Trinajstić information content (AvgIpc) is 2.46. The summed E-state index contributed by atoms with van der Waals surface area (Å²) in [6.45, 7) is 4.12. The van der Waals surface area contributed by atoms with Gasteiger partial charge < -0.3 is 4.90 Å². The highest BCUT2D eigenvalue weighted by Gasteiger charge is 2.15. The van der Waals surface area contributed by atoms with Crippen LogP contribution in [-0.2, 0) is 7.05 Å². The fraction of sp³-hybridized carbons (Fsp3) is 0.600. The van der Waals surface area contributed by atoms with Crippen LogP contribution < -0.4 is 0 Å². The van der Waals surface area contributed by atoms with E-state index >= 15 is 0 Å². The zero-order valence-corrected chi connectivity index (χ0v) is 9.40. The Bertz CT molecular complexity index is 339. The molecule has 0 N–H and O–H groups in total. The molecule has 4 heteroatoms. The minimum Gasteiger partial charge on any atom is -0.343 e. The predicted molar refractivity (Wildman–Crippen MR) is 55.3 cm³/mol. The molecule has 0 aromatic carbocycles. The highest BCUT2D eigenvalue weighted by Crippen LogP contribution is 2.14. The molecule has 0 saturated heterocycles. The van der Waals surface area contributed by atoms with Gasteiger partial charge in [0.05, 0.1) is 5.69 Å². The zero-order valence-electron chi connectivity index (χ0n) is 9.40. The van der Waals surface area contributed by atoms with Gasteiger partial charge in [0.15, 0.2) is 0 Å². The number of hydrogen-bond acceptors (Lipinski definition) is 2. The summed E-state index contributed by atoms with van der Waals surface area (Å²) in [5, 5.41) is 4.28. The van der Waals surface area contributed by atoms with Crippen molar-refractivity contribution in [2.45, 2.75) is 19.8 Å². The van der Waals surface area contributed by atoms with Crippen LogP contribution in [0.3, 0.4) is 0 Å². The Morgan fingerprint density at radius 2 is 2.07 bits per heavy atom. The van der Waals surface area contributed by atoms with Crippen LogP contribution in [0.4, 0.5) is 0 Å². The maximum absolute atomic E-state index is 11.7. The highest BCUT2D eigenvalue weighted by molar-refractivity contribution is 5.92. The van der Waals surface area contributed by atoms with Crippen LogP contribution >= 0.6 is 0 Å². The Morgan fingerprint density at radius 3 is 2.43 bits per heavy atom. The molecule has 0 aliphatic carbocycles. The lowest BCUT2D eigenvalue weighted by Crippen LogP contribution is -2.24. The summed E-state index contributed by atoms with van der Waals surface area (Å²) in [5.41, 5.74) is 1.59. The molecule has 1 amide bonds. The fourth-order valence-corrected chi connectivity index (χ4v) is 1.20. The quantitative estimate of drug-likeness (QED) is 0.712. The van der Waals surface area contributed by atoms with Gasteiger partial charge >= 0.3 is 0 Å². The molecule has 1 heterocycles. The number of amides is 1. The summed E-state index contributed by atoms with van der Waals surface area (Å²) in [4.78, 5) is 13.2. The molecule has 14 heavy (non-hydrogen) atoms. The van der Waals surface area contributed by atoms with Crippen LogP contribution in [0, 0.1) is 0 Å². The lowest BCUT2D eigenvalue weighted by atomic mass is 10.1. The van der Waals surface area contributed by atoms with Gasteiger partial charge in [-0.3, -0.25) is 9.48 Å². The van der Waals surface area contributed by atoms with E-state index in [4.69, 9.17) is 0 Å². The minimum atomic E-state index is -0.00750. The van der Waals surface area contributed by atoms with Gasteiger partial charge in [0.2, 0.25) is 0 Å². The Labute approximate surface area is 84.5 Å². The number of aryl methyl sites for hydroxylation is 1. The van der Waals surface area contributed by atoms with E-state index < -0.39 is 0 Å². The first-order chi connectivity index (χ1) is 6.43. The third kappa shape index (κ3) is 1.95. The molecular weight excluding hydrogens is 178 g/mol. The molecule has 1 aromatic rings. The monoisotopic (exact) mass is 195 g/mol. The van der Waals surface area contributed by atoms with Crippen molar-refractivity contribution >= 4 is 5.91 Å². The first-order valence-electron chi connectivity index (χ1n) is 4.69. The standard InChI is InChI=1S/C10H17N3O/c1-7(2)8-6-9(13(5)11-8)10(14)12(3)4/h6-7H,1-5H3. The summed E-state index contributed by atoms with van der Waals surface area (Å²) in [6, 6.07) is 1.85. The summed E-state index contributed by atoms with van der Waals surface area (Å²) in [7, 11) is 5.28. The SMILES string of the molecule is CC(C)c1cc(C(=O)N(C)C)n(C)n1. The summed E-state index contributed by atoms with van der Waals surface area (Å²) in [5.74, 6) is 0.344. The minimum absolute atomic E-state index is 0.00750. The Balaban J connectivity index is 3.04. The van der Waals surface area contributed by atoms with E-state index in [9.17, 15) is 4.79 Å². The normalized spacial score (nSPS) is 10.7. The second-order valence-electron chi connectivity index (χ2n) is 3.93. The zero-order chi connectivity index (χ0) is 10.9. The Hall–Kier alpha value is -1.32. The summed E-state index contributed by atoms with van der Waals surface area (Å²) >= 11 is 0. The van der Waals surface area contributed by atoms with Gasteiger partial charge in [-0.1, -0.05) is 13.8 Å². The van der Waals surface area contributed by atoms with E-state index in [-0.39, 0.29) is 5.91 Å². The number of rotatable bonds is 2. The first-order valence-corrected chi connectivity index (χ1v) is 4.69. The van der Waals surface area contributed by atoms with E-state index in [0.29, 0.717) is 11.6 Å². The van der Waals surface area contributed by atoms with Gasteiger partial charge in [0.25, 0.3) is 5.91 Å². The first kappa shape index (κ1) is 10.8. The molecule has 1 rings (SSSR count). The number of carbonyl (C=O) groups excluding carboxylic acids is 1. The smallest absolute Gasteiger partial charge is 0.271 e. The van der Waals surface area contributed by atoms with Gasteiger partial charge in [-0.25, -0.2) is 0 Å². The van der Waals surface area contributed by atoms with Gasteiger partial charge in [-0.15, -0.1) is 0 Å². The molecule has 78 valence electrons. The van der Waals surface area contributed by atoms with Crippen molar-refractivity contribution in [1.29, 1.82) is 0 Å². The third-order valence-corrected chi connectivity index (χ3v) is 2.12. The van der Waals surface area contributed by atoms with Crippen LogP contribution in [0.2, 0.25) is 0 Å². The van der Waals surface area contributed by atoms with E-state index in [0.717, 1.165) is 5.69 Å². The molecule has 0 aliphatic rings. The van der Waals surface area contributed by atoms with E-state index in [1.807, 2.05) is 6.07 Å². The van der Waals surface area contributed by atoms with Crippen LogP contribution in [0.1, 0.15) is 35.9 Å². The molecule has 0 spiro atoms. The third-order valence-electron chi connectivity index (χ3n) is 2.12. The predicted octanol–water partition coefficient (Wildman–Crippen LogP) is 1.25. The van der Waals surface area contributed by atoms with Gasteiger partial charge in [-0.05, 0) is 12.0 Å². The molecule has 0 atom stereocenters. The second kappa shape index (κ2) is 3.82. The van der Waals surface area contributed by atoms with Crippen LogP contribution in [-0.4, -0.2) is 34.7 Å². The molecule has 4 nitrogen and oxygen atoms in total. The topological polar surface area (TPSA) is 38.1 Å². The van der Waals surface area contributed by atoms with Gasteiger partial charge in [-0.2, -0.15) is 5.10 Å². The van der Waals surface area contributed by atoms with Crippen molar-refractivity contribution in [3.63, 3.8) is 0 Å². The lowest BCUT2D eigenvalue weighted by Gasteiger charge is -2.09. The molecule has 1 aromatic heterocycles. The van der Waals surface area contributed by atoms with Crippen LogP contribution in [0.15, 0.2) is 6.07 Å². The maximum atomic E-state index is 11.7. The van der Waals surface area contributed by atoms with Crippen molar-refractivity contribution in [2.75, 3.05) is 14.1 Å². The number of nitrogens with zero attached hydrogens (tertiary/aromatic N) is 3.